The second-order valence-corrected chi connectivity index (χ2v) is 8.23. The van der Waals surface area contributed by atoms with Crippen molar-refractivity contribution >= 4 is 28.7 Å². The first-order chi connectivity index (χ1) is 15.4. The molecule has 0 bridgehead atoms. The first-order valence-corrected chi connectivity index (χ1v) is 11.0. The molecular formula is C21H23N5O5S. The number of hydrogen-bond donors (Lipinski definition) is 0. The predicted molar refractivity (Wildman–Crippen MR) is 120 cm³/mol. The minimum Gasteiger partial charge on any atom is -0.497 e. The summed E-state index contributed by atoms with van der Waals surface area (Å²) in [4.78, 5) is 49.0. The molecule has 0 N–H and O–H groups in total. The summed E-state index contributed by atoms with van der Waals surface area (Å²) in [5.74, 6) is 1.01. The van der Waals surface area contributed by atoms with Crippen molar-refractivity contribution in [2.75, 3.05) is 39.2 Å². The van der Waals surface area contributed by atoms with E-state index in [1.54, 1.807) is 37.3 Å². The van der Waals surface area contributed by atoms with Crippen LogP contribution < -0.4 is 16.0 Å². The van der Waals surface area contributed by atoms with E-state index < -0.39 is 11.2 Å². The lowest BCUT2D eigenvalue weighted by molar-refractivity contribution is -0.132. The van der Waals surface area contributed by atoms with E-state index in [1.165, 1.54) is 11.6 Å². The number of ether oxygens (including phenoxy) is 2. The molecule has 0 radical (unpaired) electrons. The highest BCUT2D eigenvalue weighted by Crippen LogP contribution is 2.28. The summed E-state index contributed by atoms with van der Waals surface area (Å²) in [6, 6.07) is 7.19. The molecule has 168 valence electrons. The zero-order valence-electron chi connectivity index (χ0n) is 18.0. The van der Waals surface area contributed by atoms with Gasteiger partial charge >= 0.3 is 5.69 Å². The van der Waals surface area contributed by atoms with Crippen LogP contribution in [-0.2, 0) is 23.6 Å². The molecule has 0 saturated carbocycles. The van der Waals surface area contributed by atoms with Gasteiger partial charge < -0.3 is 14.4 Å². The molecular weight excluding hydrogens is 434 g/mol. The van der Waals surface area contributed by atoms with Crippen molar-refractivity contribution in [1.29, 1.82) is 0 Å². The molecule has 3 heterocycles. The van der Waals surface area contributed by atoms with Crippen LogP contribution in [0.3, 0.4) is 0 Å². The molecule has 1 aliphatic heterocycles. The van der Waals surface area contributed by atoms with Crippen molar-refractivity contribution in [1.82, 2.24) is 24.0 Å². The van der Waals surface area contributed by atoms with Gasteiger partial charge in [0.2, 0.25) is 5.91 Å². The number of amides is 1. The molecule has 1 amide bonds. The number of benzene rings is 1. The van der Waals surface area contributed by atoms with Gasteiger partial charge in [-0.05, 0) is 12.1 Å². The monoisotopic (exact) mass is 457 g/mol. The summed E-state index contributed by atoms with van der Waals surface area (Å²) in [6.45, 7) is 2.09. The summed E-state index contributed by atoms with van der Waals surface area (Å²) in [5.41, 5.74) is -0.104. The highest BCUT2D eigenvalue weighted by Gasteiger charge is 2.21. The van der Waals surface area contributed by atoms with Crippen LogP contribution in [0, 0.1) is 0 Å². The number of rotatable bonds is 5. The number of methoxy groups -OCH3 is 1. The van der Waals surface area contributed by atoms with Gasteiger partial charge in [-0.3, -0.25) is 18.7 Å². The summed E-state index contributed by atoms with van der Waals surface area (Å²) < 4.78 is 12.9. The maximum Gasteiger partial charge on any atom is 0.332 e. The van der Waals surface area contributed by atoms with Crippen LogP contribution >= 0.6 is 11.8 Å². The molecule has 11 heteroatoms. The number of fused-ring (bicyclic) bond motifs is 1. The third-order valence-corrected chi connectivity index (χ3v) is 6.25. The lowest BCUT2D eigenvalue weighted by atomic mass is 10.2. The summed E-state index contributed by atoms with van der Waals surface area (Å²) in [7, 11) is 4.53. The van der Waals surface area contributed by atoms with E-state index in [0.717, 1.165) is 16.3 Å². The Balaban J connectivity index is 1.82. The van der Waals surface area contributed by atoms with E-state index in [2.05, 4.69) is 9.97 Å². The van der Waals surface area contributed by atoms with Gasteiger partial charge in [-0.25, -0.2) is 14.8 Å². The lowest BCUT2D eigenvalue weighted by Gasteiger charge is -2.26. The molecule has 1 saturated heterocycles. The molecule has 0 unspecified atom stereocenters. The Morgan fingerprint density at radius 1 is 1.16 bits per heavy atom. The van der Waals surface area contributed by atoms with Crippen molar-refractivity contribution in [2.45, 2.75) is 5.03 Å². The van der Waals surface area contributed by atoms with Crippen LogP contribution in [0.1, 0.15) is 0 Å². The maximum atomic E-state index is 12.9. The van der Waals surface area contributed by atoms with Crippen LogP contribution in [0.25, 0.3) is 22.4 Å². The molecule has 0 spiro atoms. The lowest BCUT2D eigenvalue weighted by Crippen LogP contribution is -2.41. The number of hydrogen-bond acceptors (Lipinski definition) is 8. The standard InChI is InChI=1S/C21H23N5O5S/c1-24-18-16(20(28)25(2)21(24)29)19(32-12-15(27)26-7-9-31-10-8-26)23-17(22-18)13-5-4-6-14(11-13)30-3/h4-6,11H,7-10,12H2,1-3H3. The number of carbonyl (C=O) groups excluding carboxylic acids is 1. The zero-order valence-corrected chi connectivity index (χ0v) is 18.8. The number of carbonyl (C=O) groups is 1. The molecule has 1 fully saturated rings. The Morgan fingerprint density at radius 3 is 2.62 bits per heavy atom. The number of morpholine rings is 1. The van der Waals surface area contributed by atoms with E-state index in [9.17, 15) is 14.4 Å². The quantitative estimate of drug-likeness (QED) is 0.406. The molecule has 10 nitrogen and oxygen atoms in total. The highest BCUT2D eigenvalue weighted by atomic mass is 32.2. The predicted octanol–water partition coefficient (Wildman–Crippen LogP) is 0.654. The van der Waals surface area contributed by atoms with Crippen LogP contribution in [-0.4, -0.2) is 69.1 Å². The Hall–Kier alpha value is -3.18. The average Bonchev–Trinajstić information content (AvgIpc) is 2.84. The van der Waals surface area contributed by atoms with Gasteiger partial charge in [0.05, 0.1) is 26.1 Å². The largest absolute Gasteiger partial charge is 0.497 e. The van der Waals surface area contributed by atoms with Crippen molar-refractivity contribution in [2.24, 2.45) is 14.1 Å². The SMILES string of the molecule is COc1cccc(-c2nc(SCC(=O)N3CCOCC3)c3c(=O)n(C)c(=O)n(C)c3n2)c1. The van der Waals surface area contributed by atoms with Gasteiger partial charge in [0.1, 0.15) is 16.2 Å². The number of nitrogens with zero attached hydrogens (tertiary/aromatic N) is 5. The van der Waals surface area contributed by atoms with E-state index in [-0.39, 0.29) is 22.7 Å². The normalized spacial score (nSPS) is 14.0. The van der Waals surface area contributed by atoms with Gasteiger partial charge in [-0.15, -0.1) is 0 Å². The van der Waals surface area contributed by atoms with Gasteiger partial charge in [-0.1, -0.05) is 23.9 Å². The maximum absolute atomic E-state index is 12.9. The summed E-state index contributed by atoms with van der Waals surface area (Å²) in [6.07, 6.45) is 0. The molecule has 32 heavy (non-hydrogen) atoms. The second-order valence-electron chi connectivity index (χ2n) is 7.27. The third kappa shape index (κ3) is 4.13. The van der Waals surface area contributed by atoms with Crippen LogP contribution in [0.2, 0.25) is 0 Å². The minimum atomic E-state index is -0.499. The Labute approximate surface area is 187 Å². The molecule has 0 atom stereocenters. The Morgan fingerprint density at radius 2 is 1.91 bits per heavy atom. The topological polar surface area (TPSA) is 109 Å². The fraction of sp³-hybridized carbons (Fsp3) is 0.381. The van der Waals surface area contributed by atoms with Crippen molar-refractivity contribution in [3.05, 3.63) is 45.1 Å². The van der Waals surface area contributed by atoms with Gasteiger partial charge in [0.25, 0.3) is 5.56 Å². The molecule has 1 aromatic carbocycles. The first-order valence-electron chi connectivity index (χ1n) is 10.0. The molecule has 2 aromatic heterocycles. The van der Waals surface area contributed by atoms with Crippen molar-refractivity contribution in [3.8, 4) is 17.1 Å². The molecule has 4 rings (SSSR count). The number of aromatic nitrogens is 4. The van der Waals surface area contributed by atoms with Crippen LogP contribution in [0.4, 0.5) is 0 Å². The van der Waals surface area contributed by atoms with Gasteiger partial charge in [0.15, 0.2) is 11.5 Å². The molecule has 1 aliphatic rings. The third-order valence-electron chi connectivity index (χ3n) is 5.29. The van der Waals surface area contributed by atoms with Gasteiger partial charge in [0, 0.05) is 32.7 Å². The van der Waals surface area contributed by atoms with E-state index in [4.69, 9.17) is 9.47 Å². The van der Waals surface area contributed by atoms with Crippen LogP contribution in [0.5, 0.6) is 5.75 Å². The van der Waals surface area contributed by atoms with Crippen molar-refractivity contribution in [3.63, 3.8) is 0 Å². The minimum absolute atomic E-state index is 0.0605. The first kappa shape index (κ1) is 22.0. The second kappa shape index (κ2) is 9.13. The number of thioether (sulfide) groups is 1. The van der Waals surface area contributed by atoms with E-state index in [1.807, 2.05) is 6.07 Å². The van der Waals surface area contributed by atoms with Crippen LogP contribution in [0.15, 0.2) is 38.9 Å². The molecule has 0 aliphatic carbocycles. The van der Waals surface area contributed by atoms with E-state index >= 15 is 0 Å². The number of aryl methyl sites for hydroxylation is 1. The Bertz CT molecular complexity index is 1300. The summed E-state index contributed by atoms with van der Waals surface area (Å²) in [5, 5.41) is 0.562. The average molecular weight is 458 g/mol. The fourth-order valence-electron chi connectivity index (χ4n) is 3.46. The van der Waals surface area contributed by atoms with E-state index in [0.29, 0.717) is 48.5 Å². The van der Waals surface area contributed by atoms with Gasteiger partial charge in [-0.2, -0.15) is 0 Å². The smallest absolute Gasteiger partial charge is 0.332 e. The van der Waals surface area contributed by atoms with Crippen molar-refractivity contribution < 1.29 is 14.3 Å². The Kier molecular flexibility index (Phi) is 6.28. The molecule has 3 aromatic rings. The zero-order chi connectivity index (χ0) is 22.8. The summed E-state index contributed by atoms with van der Waals surface area (Å²) >= 11 is 1.16. The fourth-order valence-corrected chi connectivity index (χ4v) is 4.38. The highest BCUT2D eigenvalue weighted by molar-refractivity contribution is 8.00.